The average Bonchev–Trinajstić information content (AvgIpc) is 2.85. The number of hydrogen-bond acceptors (Lipinski definition) is 5. The van der Waals surface area contributed by atoms with Crippen molar-refractivity contribution >= 4 is 21.6 Å². The van der Waals surface area contributed by atoms with Crippen molar-refractivity contribution in [2.75, 3.05) is 31.1 Å². The predicted molar refractivity (Wildman–Crippen MR) is 124 cm³/mol. The summed E-state index contributed by atoms with van der Waals surface area (Å²) in [5, 5.41) is 2.53. The summed E-state index contributed by atoms with van der Waals surface area (Å²) in [7, 11) is -2.80. The molecule has 0 aliphatic rings. The van der Waals surface area contributed by atoms with Gasteiger partial charge < -0.3 is 14.8 Å². The smallest absolute Gasteiger partial charge is 0.416 e. The van der Waals surface area contributed by atoms with Crippen LogP contribution in [0.2, 0.25) is 0 Å². The summed E-state index contributed by atoms with van der Waals surface area (Å²) in [6.07, 6.45) is -4.68. The highest BCUT2D eigenvalue weighted by atomic mass is 32.2. The summed E-state index contributed by atoms with van der Waals surface area (Å²) in [4.78, 5) is 12.4. The van der Waals surface area contributed by atoms with Crippen LogP contribution in [0.4, 0.5) is 18.9 Å². The molecule has 0 atom stereocenters. The Labute approximate surface area is 201 Å². The monoisotopic (exact) mass is 508 g/mol. The first-order valence-corrected chi connectivity index (χ1v) is 11.8. The number of hydrogen-bond donors (Lipinski definition) is 1. The van der Waals surface area contributed by atoms with E-state index in [-0.39, 0.29) is 23.7 Å². The lowest BCUT2D eigenvalue weighted by atomic mass is 10.2. The fourth-order valence-corrected chi connectivity index (χ4v) is 4.52. The molecule has 0 aromatic heterocycles. The standard InChI is InChI=1S/C24H23F3N2O5S/c1-33-20-10-12-21(13-11-20)34-15-14-28-23(30)17-29(35(31,32)22-8-3-2-4-9-22)19-7-5-6-18(16-19)24(25,26)27/h2-13,16H,14-15,17H2,1H3,(H,28,30). The van der Waals surface area contributed by atoms with Gasteiger partial charge in [-0.05, 0) is 54.6 Å². The minimum Gasteiger partial charge on any atom is -0.497 e. The van der Waals surface area contributed by atoms with Crippen LogP contribution in [0.5, 0.6) is 11.5 Å². The van der Waals surface area contributed by atoms with Gasteiger partial charge in [-0.1, -0.05) is 24.3 Å². The van der Waals surface area contributed by atoms with Crippen molar-refractivity contribution in [2.24, 2.45) is 0 Å². The number of nitrogens with zero attached hydrogens (tertiary/aromatic N) is 1. The normalized spacial score (nSPS) is 11.5. The summed E-state index contributed by atoms with van der Waals surface area (Å²) in [5.41, 5.74) is -1.31. The number of methoxy groups -OCH3 is 1. The van der Waals surface area contributed by atoms with Gasteiger partial charge in [0.1, 0.15) is 24.7 Å². The Hall–Kier alpha value is -3.73. The highest BCUT2D eigenvalue weighted by molar-refractivity contribution is 7.92. The van der Waals surface area contributed by atoms with Crippen LogP contribution in [0.1, 0.15) is 5.56 Å². The maximum atomic E-state index is 13.2. The lowest BCUT2D eigenvalue weighted by molar-refractivity contribution is -0.137. The molecule has 3 aromatic carbocycles. The van der Waals surface area contributed by atoms with E-state index in [1.165, 1.54) is 37.4 Å². The minimum absolute atomic E-state index is 0.0483. The lowest BCUT2D eigenvalue weighted by Crippen LogP contribution is -2.42. The maximum Gasteiger partial charge on any atom is 0.416 e. The van der Waals surface area contributed by atoms with E-state index >= 15 is 0 Å². The average molecular weight is 509 g/mol. The molecular weight excluding hydrogens is 485 g/mol. The number of ether oxygens (including phenoxy) is 2. The molecule has 3 aromatic rings. The first kappa shape index (κ1) is 25.9. The zero-order valence-corrected chi connectivity index (χ0v) is 19.5. The summed E-state index contributed by atoms with van der Waals surface area (Å²) in [6.45, 7) is -0.583. The third kappa shape index (κ3) is 6.89. The van der Waals surface area contributed by atoms with Gasteiger partial charge in [0.25, 0.3) is 10.0 Å². The Balaban J connectivity index is 1.73. The summed E-state index contributed by atoms with van der Waals surface area (Å²) in [5.74, 6) is 0.484. The van der Waals surface area contributed by atoms with Gasteiger partial charge in [-0.25, -0.2) is 8.42 Å². The van der Waals surface area contributed by atoms with E-state index in [4.69, 9.17) is 9.47 Å². The van der Waals surface area contributed by atoms with E-state index in [1.54, 1.807) is 30.3 Å². The quantitative estimate of drug-likeness (QED) is 0.417. The number of carbonyl (C=O) groups is 1. The van der Waals surface area contributed by atoms with Crippen molar-refractivity contribution in [1.29, 1.82) is 0 Å². The number of halogens is 3. The molecule has 0 fully saturated rings. The molecule has 0 radical (unpaired) electrons. The van der Waals surface area contributed by atoms with E-state index in [2.05, 4.69) is 5.32 Å². The second-order valence-corrected chi connectivity index (χ2v) is 9.11. The largest absolute Gasteiger partial charge is 0.497 e. The molecule has 0 aliphatic heterocycles. The van der Waals surface area contributed by atoms with Crippen LogP contribution in [0.25, 0.3) is 0 Å². The molecule has 1 N–H and O–H groups in total. The van der Waals surface area contributed by atoms with E-state index in [0.717, 1.165) is 12.1 Å². The molecule has 0 saturated heterocycles. The van der Waals surface area contributed by atoms with E-state index in [1.807, 2.05) is 0 Å². The first-order chi connectivity index (χ1) is 16.6. The van der Waals surface area contributed by atoms with Crippen LogP contribution < -0.4 is 19.1 Å². The fourth-order valence-electron chi connectivity index (χ4n) is 3.09. The van der Waals surface area contributed by atoms with Crippen LogP contribution in [0.3, 0.4) is 0 Å². The molecule has 1 amide bonds. The molecule has 0 heterocycles. The van der Waals surface area contributed by atoms with Crippen molar-refractivity contribution in [3.8, 4) is 11.5 Å². The van der Waals surface area contributed by atoms with Crippen molar-refractivity contribution < 1.29 is 35.9 Å². The topological polar surface area (TPSA) is 84.9 Å². The van der Waals surface area contributed by atoms with Gasteiger partial charge in [0.15, 0.2) is 0 Å². The van der Waals surface area contributed by atoms with Gasteiger partial charge in [-0.2, -0.15) is 13.2 Å². The Bertz CT molecular complexity index is 1230. The number of benzene rings is 3. The van der Waals surface area contributed by atoms with Gasteiger partial charge in [0.2, 0.25) is 5.91 Å². The van der Waals surface area contributed by atoms with Crippen LogP contribution in [0, 0.1) is 0 Å². The maximum absolute atomic E-state index is 13.2. The van der Waals surface area contributed by atoms with Crippen molar-refractivity contribution in [1.82, 2.24) is 5.32 Å². The Morgan fingerprint density at radius 1 is 0.943 bits per heavy atom. The van der Waals surface area contributed by atoms with Gasteiger partial charge >= 0.3 is 6.18 Å². The van der Waals surface area contributed by atoms with Gasteiger partial charge in [-0.3, -0.25) is 9.10 Å². The summed E-state index contributed by atoms with van der Waals surface area (Å²) in [6, 6.07) is 17.8. The van der Waals surface area contributed by atoms with Crippen LogP contribution in [-0.2, 0) is 21.0 Å². The Kier molecular flexibility index (Phi) is 8.23. The molecule has 186 valence electrons. The minimum atomic E-state index is -4.68. The van der Waals surface area contributed by atoms with Gasteiger partial charge in [0.05, 0.1) is 29.8 Å². The molecule has 0 saturated carbocycles. The van der Waals surface area contributed by atoms with Crippen molar-refractivity contribution in [3.63, 3.8) is 0 Å². The second kappa shape index (κ2) is 11.1. The highest BCUT2D eigenvalue weighted by Crippen LogP contribution is 2.33. The number of nitrogens with one attached hydrogen (secondary N) is 1. The highest BCUT2D eigenvalue weighted by Gasteiger charge is 2.33. The number of sulfonamides is 1. The molecule has 35 heavy (non-hydrogen) atoms. The van der Waals surface area contributed by atoms with Crippen LogP contribution >= 0.6 is 0 Å². The first-order valence-electron chi connectivity index (χ1n) is 10.4. The molecular formula is C24H23F3N2O5S. The Morgan fingerprint density at radius 3 is 2.23 bits per heavy atom. The number of carbonyl (C=O) groups excluding carboxylic acids is 1. The van der Waals surface area contributed by atoms with Crippen molar-refractivity contribution in [2.45, 2.75) is 11.1 Å². The molecule has 3 rings (SSSR count). The van der Waals surface area contributed by atoms with Gasteiger partial charge in [0, 0.05) is 0 Å². The van der Waals surface area contributed by atoms with Gasteiger partial charge in [-0.15, -0.1) is 0 Å². The zero-order chi connectivity index (χ0) is 25.5. The summed E-state index contributed by atoms with van der Waals surface area (Å²) >= 11 is 0. The third-order valence-electron chi connectivity index (χ3n) is 4.83. The molecule has 0 aliphatic carbocycles. The predicted octanol–water partition coefficient (Wildman–Crippen LogP) is 4.10. The van der Waals surface area contributed by atoms with Crippen molar-refractivity contribution in [3.05, 3.63) is 84.4 Å². The van der Waals surface area contributed by atoms with Crippen LogP contribution in [-0.4, -0.2) is 41.1 Å². The molecule has 7 nitrogen and oxygen atoms in total. The Morgan fingerprint density at radius 2 is 1.60 bits per heavy atom. The summed E-state index contributed by atoms with van der Waals surface area (Å²) < 4.78 is 77.4. The molecule has 0 unspecified atom stereocenters. The van der Waals surface area contributed by atoms with Crippen LogP contribution in [0.15, 0.2) is 83.8 Å². The van der Waals surface area contributed by atoms with E-state index in [0.29, 0.717) is 21.9 Å². The second-order valence-electron chi connectivity index (χ2n) is 7.25. The number of amides is 1. The number of alkyl halides is 3. The van der Waals surface area contributed by atoms with E-state index in [9.17, 15) is 26.4 Å². The SMILES string of the molecule is COc1ccc(OCCNC(=O)CN(c2cccc(C(F)(F)F)c2)S(=O)(=O)c2ccccc2)cc1. The molecule has 11 heteroatoms. The molecule has 0 spiro atoms. The zero-order valence-electron chi connectivity index (χ0n) is 18.7. The number of anilines is 1. The fraction of sp³-hybridized carbons (Fsp3) is 0.208. The van der Waals surface area contributed by atoms with E-state index < -0.39 is 34.2 Å². The third-order valence-corrected chi connectivity index (χ3v) is 6.62. The molecule has 0 bridgehead atoms. The lowest BCUT2D eigenvalue weighted by Gasteiger charge is -2.25. The number of rotatable bonds is 10.